The smallest absolute Gasteiger partial charge is 0.135 e. The van der Waals surface area contributed by atoms with Crippen molar-refractivity contribution in [2.24, 2.45) is 0 Å². The Morgan fingerprint density at radius 3 is 2.55 bits per heavy atom. The van der Waals surface area contributed by atoms with Gasteiger partial charge in [-0.2, -0.15) is 0 Å². The van der Waals surface area contributed by atoms with Gasteiger partial charge in [-0.05, 0) is 35.3 Å². The van der Waals surface area contributed by atoms with Gasteiger partial charge in [0.2, 0.25) is 0 Å². The van der Waals surface area contributed by atoms with E-state index in [2.05, 4.69) is 61.8 Å². The van der Waals surface area contributed by atoms with Crippen LogP contribution in [0.2, 0.25) is 0 Å². The average molecular weight is 355 g/mol. The lowest BCUT2D eigenvalue weighted by Crippen LogP contribution is -2.09. The fraction of sp³-hybridized carbons (Fsp3) is 0.429. The minimum atomic E-state index is 0.787. The van der Waals surface area contributed by atoms with E-state index in [1.807, 2.05) is 0 Å². The van der Waals surface area contributed by atoms with Gasteiger partial charge in [0.15, 0.2) is 0 Å². The van der Waals surface area contributed by atoms with Crippen molar-refractivity contribution < 1.29 is 0 Å². The Morgan fingerprint density at radius 2 is 1.95 bits per heavy atom. The van der Waals surface area contributed by atoms with Crippen molar-refractivity contribution in [3.8, 4) is 0 Å². The lowest BCUT2D eigenvalue weighted by atomic mass is 10.1. The van der Waals surface area contributed by atoms with E-state index >= 15 is 0 Å². The first-order valence-corrected chi connectivity index (χ1v) is 8.46. The second-order valence-electron chi connectivity index (χ2n) is 4.41. The van der Waals surface area contributed by atoms with Gasteiger partial charge in [0, 0.05) is 26.8 Å². The van der Waals surface area contributed by atoms with Crippen LogP contribution in [0.15, 0.2) is 22.2 Å². The van der Waals surface area contributed by atoms with E-state index in [4.69, 9.17) is 0 Å². The van der Waals surface area contributed by atoms with Crippen molar-refractivity contribution in [2.45, 2.75) is 33.2 Å². The first-order chi connectivity index (χ1) is 9.74. The van der Waals surface area contributed by atoms with Crippen LogP contribution < -0.4 is 10.6 Å². The van der Waals surface area contributed by atoms with Crippen LogP contribution in [0.3, 0.4) is 0 Å². The van der Waals surface area contributed by atoms with Gasteiger partial charge in [-0.15, -0.1) is 11.3 Å². The molecule has 0 aromatic carbocycles. The highest BCUT2D eigenvalue weighted by atomic mass is 79.9. The Kier molecular flexibility index (Phi) is 5.79. The Morgan fingerprint density at radius 1 is 1.20 bits per heavy atom. The third-order valence-corrected chi connectivity index (χ3v) is 4.54. The maximum absolute atomic E-state index is 4.39. The molecule has 0 saturated carbocycles. The third-order valence-electron chi connectivity index (χ3n) is 2.84. The monoisotopic (exact) mass is 354 g/mol. The van der Waals surface area contributed by atoms with E-state index in [0.717, 1.165) is 42.0 Å². The maximum atomic E-state index is 4.39. The van der Waals surface area contributed by atoms with Gasteiger partial charge >= 0.3 is 0 Å². The number of hydrogen-bond acceptors (Lipinski definition) is 5. The number of anilines is 2. The van der Waals surface area contributed by atoms with Gasteiger partial charge < -0.3 is 10.6 Å². The highest BCUT2D eigenvalue weighted by Crippen LogP contribution is 2.24. The lowest BCUT2D eigenvalue weighted by Gasteiger charge is -2.14. The molecular weight excluding hydrogens is 336 g/mol. The zero-order valence-electron chi connectivity index (χ0n) is 11.7. The van der Waals surface area contributed by atoms with Crippen LogP contribution in [-0.4, -0.2) is 16.5 Å². The predicted molar refractivity (Wildman–Crippen MR) is 89.5 cm³/mol. The van der Waals surface area contributed by atoms with E-state index in [1.165, 1.54) is 10.4 Å². The topological polar surface area (TPSA) is 49.8 Å². The molecule has 0 atom stereocenters. The summed E-state index contributed by atoms with van der Waals surface area (Å²) in [5.41, 5.74) is 1.17. The molecule has 0 radical (unpaired) electrons. The second-order valence-corrected chi connectivity index (χ2v) is 6.33. The Hall–Kier alpha value is -1.14. The van der Waals surface area contributed by atoms with E-state index < -0.39 is 0 Å². The predicted octanol–water partition coefficient (Wildman–Crippen LogP) is 4.30. The third kappa shape index (κ3) is 3.93. The molecule has 0 fully saturated rings. The Bertz CT molecular complexity index is 556. The molecule has 0 bridgehead atoms. The maximum Gasteiger partial charge on any atom is 0.135 e. The summed E-state index contributed by atoms with van der Waals surface area (Å²) in [4.78, 5) is 10.0. The minimum absolute atomic E-state index is 0.787. The SMILES string of the molecule is CCCc1c(NCC)ncnc1NCc1cc(Br)cs1. The van der Waals surface area contributed by atoms with Crippen molar-refractivity contribution in [2.75, 3.05) is 17.2 Å². The highest BCUT2D eigenvalue weighted by Gasteiger charge is 2.10. The number of hydrogen-bond donors (Lipinski definition) is 2. The summed E-state index contributed by atoms with van der Waals surface area (Å²) in [6, 6.07) is 2.13. The van der Waals surface area contributed by atoms with Crippen molar-refractivity contribution in [3.63, 3.8) is 0 Å². The molecule has 0 saturated heterocycles. The van der Waals surface area contributed by atoms with Gasteiger partial charge in [-0.3, -0.25) is 0 Å². The van der Waals surface area contributed by atoms with Crippen LogP contribution in [0, 0.1) is 0 Å². The molecule has 6 heteroatoms. The normalized spacial score (nSPS) is 10.6. The fourth-order valence-electron chi connectivity index (χ4n) is 1.99. The summed E-state index contributed by atoms with van der Waals surface area (Å²) in [6.07, 6.45) is 3.66. The van der Waals surface area contributed by atoms with E-state index in [9.17, 15) is 0 Å². The second kappa shape index (κ2) is 7.59. The van der Waals surface area contributed by atoms with Crippen molar-refractivity contribution >= 4 is 38.9 Å². The molecule has 0 unspecified atom stereocenters. The molecule has 2 aromatic heterocycles. The largest absolute Gasteiger partial charge is 0.370 e. The summed E-state index contributed by atoms with van der Waals surface area (Å²) in [7, 11) is 0. The van der Waals surface area contributed by atoms with Gasteiger partial charge in [0.1, 0.15) is 18.0 Å². The van der Waals surface area contributed by atoms with Gasteiger partial charge in [-0.1, -0.05) is 13.3 Å². The molecular formula is C14H19BrN4S. The van der Waals surface area contributed by atoms with E-state index in [-0.39, 0.29) is 0 Å². The molecule has 0 aliphatic carbocycles. The van der Waals surface area contributed by atoms with Gasteiger partial charge in [-0.25, -0.2) is 9.97 Å². The molecule has 2 heterocycles. The van der Waals surface area contributed by atoms with Crippen molar-refractivity contribution in [1.29, 1.82) is 0 Å². The molecule has 20 heavy (non-hydrogen) atoms. The van der Waals surface area contributed by atoms with Crippen LogP contribution in [0.25, 0.3) is 0 Å². The minimum Gasteiger partial charge on any atom is -0.370 e. The quantitative estimate of drug-likeness (QED) is 0.778. The van der Waals surface area contributed by atoms with Gasteiger partial charge in [0.05, 0.1) is 6.54 Å². The van der Waals surface area contributed by atoms with Crippen LogP contribution in [0.4, 0.5) is 11.6 Å². The molecule has 0 spiro atoms. The summed E-state index contributed by atoms with van der Waals surface area (Å²) in [6.45, 7) is 5.90. The first-order valence-electron chi connectivity index (χ1n) is 6.79. The van der Waals surface area contributed by atoms with Crippen LogP contribution >= 0.6 is 27.3 Å². The molecule has 2 rings (SSSR count). The Labute approximate surface area is 132 Å². The molecule has 0 amide bonds. The number of aromatic nitrogens is 2. The average Bonchev–Trinajstić information content (AvgIpc) is 2.85. The van der Waals surface area contributed by atoms with Gasteiger partial charge in [0.25, 0.3) is 0 Å². The number of thiophene rings is 1. The van der Waals surface area contributed by atoms with Crippen LogP contribution in [0.1, 0.15) is 30.7 Å². The number of rotatable bonds is 7. The van der Waals surface area contributed by atoms with E-state index in [1.54, 1.807) is 17.7 Å². The fourth-order valence-corrected chi connectivity index (χ4v) is 3.38. The first kappa shape index (κ1) is 15.3. The zero-order chi connectivity index (χ0) is 14.4. The highest BCUT2D eigenvalue weighted by molar-refractivity contribution is 9.10. The number of halogens is 1. The lowest BCUT2D eigenvalue weighted by molar-refractivity contribution is 0.896. The number of nitrogens with one attached hydrogen (secondary N) is 2. The summed E-state index contributed by atoms with van der Waals surface area (Å²) >= 11 is 5.21. The molecule has 0 aliphatic rings. The van der Waals surface area contributed by atoms with Crippen LogP contribution in [0.5, 0.6) is 0 Å². The number of nitrogens with zero attached hydrogens (tertiary/aromatic N) is 2. The molecule has 108 valence electrons. The molecule has 2 aromatic rings. The van der Waals surface area contributed by atoms with Crippen molar-refractivity contribution in [3.05, 3.63) is 32.7 Å². The summed E-state index contributed by atoms with van der Waals surface area (Å²) < 4.78 is 1.13. The summed E-state index contributed by atoms with van der Waals surface area (Å²) in [5, 5.41) is 8.82. The van der Waals surface area contributed by atoms with Crippen LogP contribution in [-0.2, 0) is 13.0 Å². The molecule has 2 N–H and O–H groups in total. The Balaban J connectivity index is 2.14. The molecule has 0 aliphatic heterocycles. The van der Waals surface area contributed by atoms with Crippen molar-refractivity contribution in [1.82, 2.24) is 9.97 Å². The standard InChI is InChI=1S/C14H19BrN4S/c1-3-5-12-13(16-4-2)18-9-19-14(12)17-7-11-6-10(15)8-20-11/h6,8-9H,3-5,7H2,1-2H3,(H2,16,17,18,19). The zero-order valence-corrected chi connectivity index (χ0v) is 14.1. The molecule has 4 nitrogen and oxygen atoms in total. The van der Waals surface area contributed by atoms with E-state index in [0.29, 0.717) is 0 Å². The summed E-state index contributed by atoms with van der Waals surface area (Å²) in [5.74, 6) is 1.88.